The van der Waals surface area contributed by atoms with Crippen molar-refractivity contribution in [3.05, 3.63) is 11.9 Å². The molecule has 104 valence electrons. The largest absolute Gasteiger partial charge is 0.476 e. The van der Waals surface area contributed by atoms with E-state index in [-0.39, 0.29) is 5.69 Å². The third-order valence-corrected chi connectivity index (χ3v) is 4.60. The van der Waals surface area contributed by atoms with E-state index in [4.69, 9.17) is 5.11 Å². The van der Waals surface area contributed by atoms with Crippen LogP contribution in [0.4, 0.5) is 0 Å². The molecule has 0 spiro atoms. The summed E-state index contributed by atoms with van der Waals surface area (Å²) in [6.07, 6.45) is 4.15. The van der Waals surface area contributed by atoms with Gasteiger partial charge < -0.3 is 5.11 Å². The van der Waals surface area contributed by atoms with Crippen molar-refractivity contribution in [2.24, 2.45) is 11.8 Å². The van der Waals surface area contributed by atoms with Crippen LogP contribution in [-0.2, 0) is 0 Å². The lowest BCUT2D eigenvalue weighted by atomic mass is 9.72. The van der Waals surface area contributed by atoms with Crippen molar-refractivity contribution >= 4 is 5.97 Å². The Balaban J connectivity index is 1.49. The Morgan fingerprint density at radius 2 is 2.05 bits per heavy atom. The smallest absolute Gasteiger partial charge is 0.358 e. The number of hydrogen-bond acceptors (Lipinski definition) is 4. The Morgan fingerprint density at radius 1 is 1.37 bits per heavy atom. The van der Waals surface area contributed by atoms with E-state index in [1.165, 1.54) is 19.0 Å². The second kappa shape index (κ2) is 4.59. The second-order valence-electron chi connectivity index (χ2n) is 6.13. The summed E-state index contributed by atoms with van der Waals surface area (Å²) in [7, 11) is 0. The first kappa shape index (κ1) is 12.6. The van der Waals surface area contributed by atoms with Crippen LogP contribution in [0.15, 0.2) is 6.20 Å². The number of rotatable bonds is 4. The van der Waals surface area contributed by atoms with Gasteiger partial charge in [0.15, 0.2) is 5.69 Å². The van der Waals surface area contributed by atoms with Crippen LogP contribution in [0.5, 0.6) is 0 Å². The zero-order chi connectivity index (χ0) is 13.6. The van der Waals surface area contributed by atoms with Gasteiger partial charge in [0.05, 0.1) is 12.2 Å². The first-order valence-corrected chi connectivity index (χ1v) is 6.93. The second-order valence-corrected chi connectivity index (χ2v) is 6.13. The van der Waals surface area contributed by atoms with Crippen molar-refractivity contribution < 1.29 is 9.90 Å². The summed E-state index contributed by atoms with van der Waals surface area (Å²) >= 11 is 0. The molecule has 1 aliphatic heterocycles. The number of likely N-dealkylation sites (tertiary alicyclic amines) is 1. The molecule has 0 atom stereocenters. The number of aromatic nitrogens is 3. The number of hydrogen-bond donors (Lipinski definition) is 1. The highest BCUT2D eigenvalue weighted by atomic mass is 16.4. The van der Waals surface area contributed by atoms with Gasteiger partial charge in [-0.1, -0.05) is 19.1 Å². The number of carboxylic acids is 1. The molecule has 0 radical (unpaired) electrons. The minimum Gasteiger partial charge on any atom is -0.476 e. The predicted octanol–water partition coefficient (Wildman–Crippen LogP) is 1.27. The Hall–Kier alpha value is -1.43. The molecule has 2 aliphatic rings. The van der Waals surface area contributed by atoms with E-state index < -0.39 is 5.97 Å². The maximum Gasteiger partial charge on any atom is 0.358 e. The lowest BCUT2D eigenvalue weighted by molar-refractivity contribution is -0.0187. The molecule has 0 amide bonds. The molecule has 2 heterocycles. The molecule has 0 aromatic carbocycles. The van der Waals surface area contributed by atoms with Gasteiger partial charge in [-0.3, -0.25) is 4.90 Å². The van der Waals surface area contributed by atoms with Gasteiger partial charge in [-0.05, 0) is 24.7 Å². The summed E-state index contributed by atoms with van der Waals surface area (Å²) in [5.41, 5.74) is 0.0296. The first-order chi connectivity index (χ1) is 9.04. The van der Waals surface area contributed by atoms with E-state index in [1.54, 1.807) is 4.68 Å². The van der Waals surface area contributed by atoms with Crippen molar-refractivity contribution in [1.82, 2.24) is 19.9 Å². The van der Waals surface area contributed by atoms with E-state index in [9.17, 15) is 4.79 Å². The molecule has 1 saturated heterocycles. The lowest BCUT2D eigenvalue weighted by Gasteiger charge is -2.51. The summed E-state index contributed by atoms with van der Waals surface area (Å²) in [5.74, 6) is 0.664. The van der Waals surface area contributed by atoms with Crippen LogP contribution in [0.1, 0.15) is 43.2 Å². The fourth-order valence-corrected chi connectivity index (χ4v) is 2.98. The zero-order valence-electron chi connectivity index (χ0n) is 11.4. The van der Waals surface area contributed by atoms with Crippen LogP contribution in [0.3, 0.4) is 0 Å². The minimum atomic E-state index is -1.01. The van der Waals surface area contributed by atoms with E-state index in [2.05, 4.69) is 29.1 Å². The van der Waals surface area contributed by atoms with Gasteiger partial charge in [0, 0.05) is 19.1 Å². The molecular formula is C13H20N4O2. The van der Waals surface area contributed by atoms with Gasteiger partial charge in [0.25, 0.3) is 0 Å². The van der Waals surface area contributed by atoms with Crippen LogP contribution in [-0.4, -0.2) is 50.1 Å². The van der Waals surface area contributed by atoms with Gasteiger partial charge in [0.1, 0.15) is 0 Å². The Kier molecular flexibility index (Phi) is 3.05. The molecule has 19 heavy (non-hydrogen) atoms. The molecule has 6 nitrogen and oxygen atoms in total. The molecule has 1 aromatic rings. The molecule has 6 heteroatoms. The van der Waals surface area contributed by atoms with Crippen LogP contribution >= 0.6 is 0 Å². The van der Waals surface area contributed by atoms with E-state index in [0.717, 1.165) is 31.0 Å². The standard InChI is InChI=1S/C13H20N4O2/c1-8(2)9-3-10(4-9)16-5-11(6-16)17-7-12(13(18)19)14-15-17/h7-11H,3-6H2,1-2H3,(H,18,19). The summed E-state index contributed by atoms with van der Waals surface area (Å²) in [4.78, 5) is 13.2. The van der Waals surface area contributed by atoms with Crippen molar-refractivity contribution in [3.8, 4) is 0 Å². The molecule has 0 unspecified atom stereocenters. The van der Waals surface area contributed by atoms with Gasteiger partial charge in [-0.25, -0.2) is 9.48 Å². The van der Waals surface area contributed by atoms with Crippen LogP contribution in [0.2, 0.25) is 0 Å². The molecule has 2 fully saturated rings. The highest BCUT2D eigenvalue weighted by Crippen LogP contribution is 2.40. The van der Waals surface area contributed by atoms with Gasteiger partial charge in [-0.15, -0.1) is 5.10 Å². The predicted molar refractivity (Wildman–Crippen MR) is 68.9 cm³/mol. The topological polar surface area (TPSA) is 71.2 Å². The molecule has 1 N–H and O–H groups in total. The fraction of sp³-hybridized carbons (Fsp3) is 0.769. The fourth-order valence-electron chi connectivity index (χ4n) is 2.98. The SMILES string of the molecule is CC(C)C1CC(N2CC(n3cc(C(=O)O)nn3)C2)C1. The molecule has 1 saturated carbocycles. The maximum absolute atomic E-state index is 10.7. The van der Waals surface area contributed by atoms with Crippen LogP contribution in [0, 0.1) is 11.8 Å². The first-order valence-electron chi connectivity index (χ1n) is 6.93. The summed E-state index contributed by atoms with van der Waals surface area (Å²) in [6.45, 7) is 6.53. The average molecular weight is 264 g/mol. The third-order valence-electron chi connectivity index (χ3n) is 4.60. The van der Waals surface area contributed by atoms with Crippen LogP contribution < -0.4 is 0 Å². The Labute approximate surface area is 112 Å². The molecule has 1 aromatic heterocycles. The van der Waals surface area contributed by atoms with Crippen molar-refractivity contribution in [1.29, 1.82) is 0 Å². The summed E-state index contributed by atoms with van der Waals surface area (Å²) in [6, 6.07) is 1.02. The van der Waals surface area contributed by atoms with Crippen molar-refractivity contribution in [2.75, 3.05) is 13.1 Å². The zero-order valence-corrected chi connectivity index (χ0v) is 11.4. The monoisotopic (exact) mass is 264 g/mol. The molecule has 0 bridgehead atoms. The van der Waals surface area contributed by atoms with Gasteiger partial charge in [0.2, 0.25) is 0 Å². The summed E-state index contributed by atoms with van der Waals surface area (Å²) in [5, 5.41) is 16.4. The number of carboxylic acid groups (broad SMARTS) is 1. The molecule has 1 aliphatic carbocycles. The number of aromatic carboxylic acids is 1. The van der Waals surface area contributed by atoms with Gasteiger partial charge >= 0.3 is 5.97 Å². The number of carbonyl (C=O) groups is 1. The lowest BCUT2D eigenvalue weighted by Crippen LogP contribution is -2.57. The Morgan fingerprint density at radius 3 is 2.58 bits per heavy atom. The van der Waals surface area contributed by atoms with E-state index in [1.807, 2.05) is 0 Å². The van der Waals surface area contributed by atoms with Gasteiger partial charge in [-0.2, -0.15) is 0 Å². The van der Waals surface area contributed by atoms with E-state index in [0.29, 0.717) is 6.04 Å². The highest BCUT2D eigenvalue weighted by Gasteiger charge is 2.41. The van der Waals surface area contributed by atoms with Crippen LogP contribution in [0.25, 0.3) is 0 Å². The quantitative estimate of drug-likeness (QED) is 0.886. The average Bonchev–Trinajstić information content (AvgIpc) is 2.67. The minimum absolute atomic E-state index is 0.0296. The molecule has 3 rings (SSSR count). The van der Waals surface area contributed by atoms with Crippen molar-refractivity contribution in [3.63, 3.8) is 0 Å². The maximum atomic E-state index is 10.7. The normalized spacial score (nSPS) is 28.2. The molecular weight excluding hydrogens is 244 g/mol. The van der Waals surface area contributed by atoms with E-state index >= 15 is 0 Å². The highest BCUT2D eigenvalue weighted by molar-refractivity contribution is 5.84. The number of nitrogens with zero attached hydrogens (tertiary/aromatic N) is 4. The summed E-state index contributed by atoms with van der Waals surface area (Å²) < 4.78 is 1.69. The Bertz CT molecular complexity index is 473. The van der Waals surface area contributed by atoms with Crippen molar-refractivity contribution in [2.45, 2.75) is 38.8 Å². The third kappa shape index (κ3) is 2.25.